The van der Waals surface area contributed by atoms with Crippen LogP contribution in [0.4, 0.5) is 22.7 Å². The van der Waals surface area contributed by atoms with Gasteiger partial charge in [0, 0.05) is 30.8 Å². The predicted molar refractivity (Wildman–Crippen MR) is 91.0 cm³/mol. The Morgan fingerprint density at radius 1 is 1.25 bits per heavy atom. The average Bonchev–Trinajstić information content (AvgIpc) is 3.01. The maximum atomic E-state index is 11.9. The van der Waals surface area contributed by atoms with Crippen molar-refractivity contribution in [2.24, 2.45) is 0 Å². The topological polar surface area (TPSA) is 84.7 Å². The molecule has 1 amide bonds. The van der Waals surface area contributed by atoms with E-state index >= 15 is 0 Å². The van der Waals surface area contributed by atoms with Crippen LogP contribution in [-0.2, 0) is 4.79 Å². The predicted octanol–water partition coefficient (Wildman–Crippen LogP) is 3.47. The van der Waals surface area contributed by atoms with Crippen molar-refractivity contribution >= 4 is 28.7 Å². The van der Waals surface area contributed by atoms with Crippen LogP contribution in [0.5, 0.6) is 5.75 Å². The van der Waals surface area contributed by atoms with Gasteiger partial charge in [0.2, 0.25) is 5.91 Å². The summed E-state index contributed by atoms with van der Waals surface area (Å²) in [7, 11) is 1.54. The van der Waals surface area contributed by atoms with Crippen LogP contribution in [0.1, 0.15) is 12.8 Å². The molecule has 1 heterocycles. The fraction of sp³-hybridized carbons (Fsp3) is 0.235. The number of para-hydroxylation sites is 2. The van der Waals surface area contributed by atoms with E-state index in [4.69, 9.17) is 4.74 Å². The summed E-state index contributed by atoms with van der Waals surface area (Å²) < 4.78 is 5.39. The Morgan fingerprint density at radius 2 is 2.04 bits per heavy atom. The van der Waals surface area contributed by atoms with E-state index in [0.717, 1.165) is 6.42 Å². The van der Waals surface area contributed by atoms with Crippen molar-refractivity contribution in [2.45, 2.75) is 12.8 Å². The van der Waals surface area contributed by atoms with Gasteiger partial charge in [0.05, 0.1) is 17.7 Å². The lowest BCUT2D eigenvalue weighted by Crippen LogP contribution is -2.24. The summed E-state index contributed by atoms with van der Waals surface area (Å²) in [6, 6.07) is 11.7. The van der Waals surface area contributed by atoms with Crippen LogP contribution in [0.25, 0.3) is 0 Å². The highest BCUT2D eigenvalue weighted by molar-refractivity contribution is 5.97. The van der Waals surface area contributed by atoms with Crippen LogP contribution in [-0.4, -0.2) is 24.5 Å². The highest BCUT2D eigenvalue weighted by Gasteiger charge is 2.24. The summed E-state index contributed by atoms with van der Waals surface area (Å²) >= 11 is 0. The number of carbonyl (C=O) groups is 1. The molecule has 1 aliphatic rings. The van der Waals surface area contributed by atoms with E-state index < -0.39 is 4.92 Å². The molecule has 1 aliphatic heterocycles. The van der Waals surface area contributed by atoms with Crippen molar-refractivity contribution < 1.29 is 14.5 Å². The van der Waals surface area contributed by atoms with Crippen molar-refractivity contribution in [3.63, 3.8) is 0 Å². The van der Waals surface area contributed by atoms with Gasteiger partial charge in [0.25, 0.3) is 5.69 Å². The van der Waals surface area contributed by atoms with Crippen LogP contribution in [0, 0.1) is 10.1 Å². The SMILES string of the molecule is COc1cc(Nc2ccccc2[N+](=O)[O-])ccc1N1CCCC1=O. The number of rotatable bonds is 5. The third-order valence-electron chi connectivity index (χ3n) is 3.92. The Hall–Kier alpha value is -3.09. The Labute approximate surface area is 139 Å². The molecule has 0 spiro atoms. The molecule has 7 heteroatoms. The van der Waals surface area contributed by atoms with E-state index in [-0.39, 0.29) is 11.6 Å². The first-order chi connectivity index (χ1) is 11.6. The Bertz CT molecular complexity index is 791. The number of anilines is 3. The molecule has 124 valence electrons. The van der Waals surface area contributed by atoms with E-state index in [0.29, 0.717) is 35.8 Å². The molecule has 0 bridgehead atoms. The first-order valence-corrected chi connectivity index (χ1v) is 7.59. The van der Waals surface area contributed by atoms with Gasteiger partial charge in [-0.25, -0.2) is 0 Å². The van der Waals surface area contributed by atoms with Crippen LogP contribution in [0.3, 0.4) is 0 Å². The Morgan fingerprint density at radius 3 is 2.71 bits per heavy atom. The molecule has 3 rings (SSSR count). The second-order valence-electron chi connectivity index (χ2n) is 5.43. The summed E-state index contributed by atoms with van der Waals surface area (Å²) in [5.74, 6) is 0.626. The number of hydrogen-bond acceptors (Lipinski definition) is 5. The number of nitro groups is 1. The number of amides is 1. The second-order valence-corrected chi connectivity index (χ2v) is 5.43. The number of hydrogen-bond donors (Lipinski definition) is 1. The first kappa shape index (κ1) is 15.8. The number of benzene rings is 2. The van der Waals surface area contributed by atoms with Gasteiger partial charge in [0.1, 0.15) is 11.4 Å². The maximum absolute atomic E-state index is 11.9. The highest BCUT2D eigenvalue weighted by atomic mass is 16.6. The number of ether oxygens (including phenoxy) is 1. The zero-order chi connectivity index (χ0) is 17.1. The number of nitrogens with one attached hydrogen (secondary N) is 1. The van der Waals surface area contributed by atoms with Crippen molar-refractivity contribution in [3.8, 4) is 5.75 Å². The van der Waals surface area contributed by atoms with Crippen molar-refractivity contribution in [3.05, 3.63) is 52.6 Å². The number of nitrogens with zero attached hydrogens (tertiary/aromatic N) is 2. The minimum atomic E-state index is -0.434. The molecule has 1 saturated heterocycles. The minimum absolute atomic E-state index is 0.00439. The third-order valence-corrected chi connectivity index (χ3v) is 3.92. The van der Waals surface area contributed by atoms with E-state index in [1.54, 1.807) is 41.3 Å². The van der Waals surface area contributed by atoms with Gasteiger partial charge in [0.15, 0.2) is 0 Å². The first-order valence-electron chi connectivity index (χ1n) is 7.59. The van der Waals surface area contributed by atoms with Crippen molar-refractivity contribution in [2.75, 3.05) is 23.9 Å². The van der Waals surface area contributed by atoms with Gasteiger partial charge in [-0.15, -0.1) is 0 Å². The van der Waals surface area contributed by atoms with Gasteiger partial charge >= 0.3 is 0 Å². The summed E-state index contributed by atoms with van der Waals surface area (Å²) in [6.45, 7) is 0.673. The average molecular weight is 327 g/mol. The lowest BCUT2D eigenvalue weighted by molar-refractivity contribution is -0.383. The molecule has 0 aromatic heterocycles. The summed E-state index contributed by atoms with van der Waals surface area (Å²) in [4.78, 5) is 24.3. The minimum Gasteiger partial charge on any atom is -0.494 e. The lowest BCUT2D eigenvalue weighted by Gasteiger charge is -2.20. The highest BCUT2D eigenvalue weighted by Crippen LogP contribution is 2.35. The molecule has 2 aromatic rings. The van der Waals surface area contributed by atoms with Crippen molar-refractivity contribution in [1.29, 1.82) is 0 Å². The summed E-state index contributed by atoms with van der Waals surface area (Å²) in [5.41, 5.74) is 1.76. The molecule has 2 aromatic carbocycles. The zero-order valence-electron chi connectivity index (χ0n) is 13.2. The molecule has 1 fully saturated rings. The largest absolute Gasteiger partial charge is 0.494 e. The lowest BCUT2D eigenvalue weighted by atomic mass is 10.2. The standard InChI is InChI=1S/C17H17N3O4/c1-24-16-11-12(8-9-15(16)19-10-4-7-17(19)21)18-13-5-2-3-6-14(13)20(22)23/h2-3,5-6,8-9,11,18H,4,7,10H2,1H3. The Kier molecular flexibility index (Phi) is 4.33. The van der Waals surface area contributed by atoms with E-state index in [1.165, 1.54) is 13.2 Å². The molecular formula is C17H17N3O4. The zero-order valence-corrected chi connectivity index (χ0v) is 13.2. The summed E-state index contributed by atoms with van der Waals surface area (Å²) in [5, 5.41) is 14.1. The van der Waals surface area contributed by atoms with Crippen LogP contribution in [0.15, 0.2) is 42.5 Å². The van der Waals surface area contributed by atoms with Gasteiger partial charge in [-0.2, -0.15) is 0 Å². The molecule has 1 N–H and O–H groups in total. The third kappa shape index (κ3) is 3.01. The fourth-order valence-electron chi connectivity index (χ4n) is 2.78. The normalized spacial score (nSPS) is 13.9. The van der Waals surface area contributed by atoms with Gasteiger partial charge in [-0.3, -0.25) is 14.9 Å². The molecule has 0 saturated carbocycles. The fourth-order valence-corrected chi connectivity index (χ4v) is 2.78. The van der Waals surface area contributed by atoms with Gasteiger partial charge in [-0.1, -0.05) is 12.1 Å². The molecule has 0 atom stereocenters. The van der Waals surface area contributed by atoms with Crippen LogP contribution in [0.2, 0.25) is 0 Å². The molecule has 24 heavy (non-hydrogen) atoms. The molecule has 0 aliphatic carbocycles. The number of methoxy groups -OCH3 is 1. The second kappa shape index (κ2) is 6.57. The van der Waals surface area contributed by atoms with Gasteiger partial charge < -0.3 is 15.0 Å². The molecular weight excluding hydrogens is 310 g/mol. The van der Waals surface area contributed by atoms with E-state index in [1.807, 2.05) is 0 Å². The molecule has 0 radical (unpaired) electrons. The number of nitro benzene ring substituents is 1. The number of carbonyl (C=O) groups excluding carboxylic acids is 1. The van der Waals surface area contributed by atoms with Crippen molar-refractivity contribution in [1.82, 2.24) is 0 Å². The van der Waals surface area contributed by atoms with Crippen LogP contribution >= 0.6 is 0 Å². The van der Waals surface area contributed by atoms with Crippen LogP contribution < -0.4 is 15.0 Å². The molecule has 0 unspecified atom stereocenters. The van der Waals surface area contributed by atoms with Gasteiger partial charge in [-0.05, 0) is 24.6 Å². The quantitative estimate of drug-likeness (QED) is 0.671. The smallest absolute Gasteiger partial charge is 0.292 e. The molecule has 7 nitrogen and oxygen atoms in total. The monoisotopic (exact) mass is 327 g/mol. The van der Waals surface area contributed by atoms with E-state index in [9.17, 15) is 14.9 Å². The maximum Gasteiger partial charge on any atom is 0.292 e. The van der Waals surface area contributed by atoms with E-state index in [2.05, 4.69) is 5.32 Å². The summed E-state index contributed by atoms with van der Waals surface area (Å²) in [6.07, 6.45) is 1.37. The Balaban J connectivity index is 1.91.